The zero-order valence-corrected chi connectivity index (χ0v) is 8.42. The third-order valence-electron chi connectivity index (χ3n) is 1.58. The maximum absolute atomic E-state index is 10.3. The van der Waals surface area contributed by atoms with E-state index in [2.05, 4.69) is 10.3 Å². The molecule has 0 atom stereocenters. The molecule has 0 amide bonds. The van der Waals surface area contributed by atoms with E-state index < -0.39 is 4.92 Å². The number of hydrogen-bond acceptors (Lipinski definition) is 6. The molecule has 0 spiro atoms. The molecule has 1 aromatic rings. The third kappa shape index (κ3) is 3.27. The van der Waals surface area contributed by atoms with E-state index >= 15 is 0 Å². The van der Waals surface area contributed by atoms with Crippen molar-refractivity contribution in [3.63, 3.8) is 0 Å². The topological polar surface area (TPSA) is 94.1 Å². The van der Waals surface area contributed by atoms with Gasteiger partial charge in [0.25, 0.3) is 0 Å². The highest BCUT2D eigenvalue weighted by Gasteiger charge is 2.10. The van der Waals surface area contributed by atoms with Crippen molar-refractivity contribution in [3.05, 3.63) is 16.3 Å². The van der Waals surface area contributed by atoms with E-state index in [1.165, 1.54) is 6.20 Å². The molecule has 0 aliphatic heterocycles. The summed E-state index contributed by atoms with van der Waals surface area (Å²) in [5.74, 6) is 0. The van der Waals surface area contributed by atoms with Gasteiger partial charge in [-0.2, -0.15) is 0 Å². The van der Waals surface area contributed by atoms with E-state index in [1.807, 2.05) is 0 Å². The zero-order chi connectivity index (χ0) is 10.4. The molecule has 1 rings (SSSR count). The van der Waals surface area contributed by atoms with Gasteiger partial charge in [0, 0.05) is 6.54 Å². The maximum Gasteiger partial charge on any atom is 0.345 e. The average molecular weight is 216 g/mol. The molecule has 0 aliphatic carbocycles. The summed E-state index contributed by atoms with van der Waals surface area (Å²) in [4.78, 5) is 13.8. The second kappa shape index (κ2) is 5.51. The Kier molecular flexibility index (Phi) is 4.27. The van der Waals surface area contributed by atoms with Gasteiger partial charge in [-0.15, -0.1) is 0 Å². The number of thiazole rings is 1. The Hall–Kier alpha value is -1.21. The van der Waals surface area contributed by atoms with Crippen LogP contribution >= 0.6 is 11.3 Å². The van der Waals surface area contributed by atoms with Gasteiger partial charge < -0.3 is 11.1 Å². The molecule has 0 bridgehead atoms. The highest BCUT2D eigenvalue weighted by Crippen LogP contribution is 2.24. The molecule has 0 saturated heterocycles. The second-order valence-electron chi connectivity index (χ2n) is 2.68. The number of nitrogens with zero attached hydrogens (tertiary/aromatic N) is 2. The summed E-state index contributed by atoms with van der Waals surface area (Å²) in [5, 5.41) is 14.0. The fourth-order valence-electron chi connectivity index (χ4n) is 0.896. The Balaban J connectivity index is 2.33. The molecule has 3 N–H and O–H groups in total. The molecule has 0 unspecified atom stereocenters. The first-order chi connectivity index (χ1) is 6.74. The molecule has 14 heavy (non-hydrogen) atoms. The third-order valence-corrected chi connectivity index (χ3v) is 2.49. The summed E-state index contributed by atoms with van der Waals surface area (Å²) in [6, 6.07) is 0. The molecule has 1 heterocycles. The summed E-state index contributed by atoms with van der Waals surface area (Å²) < 4.78 is 0. The fraction of sp³-hybridized carbons (Fsp3) is 0.571. The van der Waals surface area contributed by atoms with Crippen molar-refractivity contribution in [2.45, 2.75) is 12.8 Å². The molecule has 0 radical (unpaired) electrons. The van der Waals surface area contributed by atoms with Crippen molar-refractivity contribution >= 4 is 21.5 Å². The van der Waals surface area contributed by atoms with Crippen LogP contribution < -0.4 is 11.1 Å². The molecule has 0 aromatic carbocycles. The molecule has 0 fully saturated rings. The minimum absolute atomic E-state index is 0.0614. The zero-order valence-electron chi connectivity index (χ0n) is 7.60. The Morgan fingerprint density at radius 3 is 3.00 bits per heavy atom. The van der Waals surface area contributed by atoms with E-state index in [0.29, 0.717) is 11.7 Å². The van der Waals surface area contributed by atoms with Crippen molar-refractivity contribution < 1.29 is 4.92 Å². The van der Waals surface area contributed by atoms with Gasteiger partial charge in [-0.05, 0) is 30.7 Å². The molecule has 7 heteroatoms. The highest BCUT2D eigenvalue weighted by atomic mass is 32.1. The molecule has 78 valence electrons. The van der Waals surface area contributed by atoms with Gasteiger partial charge in [-0.3, -0.25) is 10.1 Å². The van der Waals surface area contributed by atoms with Crippen LogP contribution in [0.3, 0.4) is 0 Å². The first-order valence-electron chi connectivity index (χ1n) is 4.28. The number of anilines is 1. The average Bonchev–Trinajstić information content (AvgIpc) is 2.61. The lowest BCUT2D eigenvalue weighted by molar-refractivity contribution is -0.380. The maximum atomic E-state index is 10.3. The predicted octanol–water partition coefficient (Wildman–Crippen LogP) is 1.20. The minimum Gasteiger partial charge on any atom is -0.361 e. The van der Waals surface area contributed by atoms with Gasteiger partial charge in [0.05, 0.1) is 4.92 Å². The number of rotatable bonds is 6. The minimum atomic E-state index is -0.442. The first-order valence-corrected chi connectivity index (χ1v) is 5.10. The second-order valence-corrected chi connectivity index (χ2v) is 3.69. The largest absolute Gasteiger partial charge is 0.361 e. The lowest BCUT2D eigenvalue weighted by Crippen LogP contribution is -2.05. The van der Waals surface area contributed by atoms with Crippen molar-refractivity contribution in [2.75, 3.05) is 18.4 Å². The lowest BCUT2D eigenvalue weighted by Gasteiger charge is -1.99. The van der Waals surface area contributed by atoms with E-state index in [-0.39, 0.29) is 5.00 Å². The van der Waals surface area contributed by atoms with Crippen LogP contribution in [0.25, 0.3) is 0 Å². The Morgan fingerprint density at radius 1 is 1.64 bits per heavy atom. The van der Waals surface area contributed by atoms with E-state index in [9.17, 15) is 10.1 Å². The van der Waals surface area contributed by atoms with Gasteiger partial charge in [0.1, 0.15) is 6.20 Å². The summed E-state index contributed by atoms with van der Waals surface area (Å²) >= 11 is 1.05. The summed E-state index contributed by atoms with van der Waals surface area (Å²) in [7, 11) is 0. The number of nitro groups is 1. The number of hydrogen-bond donors (Lipinski definition) is 2. The summed E-state index contributed by atoms with van der Waals surface area (Å²) in [6.45, 7) is 1.42. The molecule has 0 saturated carbocycles. The van der Waals surface area contributed by atoms with Crippen LogP contribution in [0.5, 0.6) is 0 Å². The summed E-state index contributed by atoms with van der Waals surface area (Å²) in [5.41, 5.74) is 5.32. The number of nitrogens with two attached hydrogens (primary N) is 1. The molecular formula is C7H12N4O2S. The van der Waals surface area contributed by atoms with Gasteiger partial charge in [-0.25, -0.2) is 4.98 Å². The van der Waals surface area contributed by atoms with E-state index in [1.54, 1.807) is 0 Å². The Labute approximate surface area is 85.3 Å². The normalized spacial score (nSPS) is 10.1. The molecular weight excluding hydrogens is 204 g/mol. The smallest absolute Gasteiger partial charge is 0.345 e. The molecule has 0 aliphatic rings. The lowest BCUT2D eigenvalue weighted by atomic mass is 10.3. The fourth-order valence-corrected chi connectivity index (χ4v) is 1.55. The first kappa shape index (κ1) is 10.9. The van der Waals surface area contributed by atoms with Crippen LogP contribution in [0.4, 0.5) is 10.1 Å². The van der Waals surface area contributed by atoms with Crippen LogP contribution in [0.15, 0.2) is 6.20 Å². The highest BCUT2D eigenvalue weighted by molar-refractivity contribution is 7.18. The van der Waals surface area contributed by atoms with Gasteiger partial charge >= 0.3 is 5.00 Å². The quantitative estimate of drug-likeness (QED) is 0.423. The SMILES string of the molecule is NCCCCNc1ncc([N+](=O)[O-])s1. The van der Waals surface area contributed by atoms with Crippen molar-refractivity contribution in [3.8, 4) is 0 Å². The van der Waals surface area contributed by atoms with Crippen LogP contribution in [0, 0.1) is 10.1 Å². The van der Waals surface area contributed by atoms with Crippen LogP contribution in [0.2, 0.25) is 0 Å². The standard InChI is InChI=1S/C7H12N4O2S/c8-3-1-2-4-9-7-10-5-6(14-7)11(12)13/h5H,1-4,8H2,(H,9,10). The van der Waals surface area contributed by atoms with Crippen LogP contribution in [-0.4, -0.2) is 23.0 Å². The van der Waals surface area contributed by atoms with Crippen LogP contribution in [0.1, 0.15) is 12.8 Å². The van der Waals surface area contributed by atoms with E-state index in [4.69, 9.17) is 5.73 Å². The predicted molar refractivity (Wildman–Crippen MR) is 55.5 cm³/mol. The Bertz CT molecular complexity index is 302. The number of aromatic nitrogens is 1. The van der Waals surface area contributed by atoms with Gasteiger partial charge in [0.15, 0.2) is 5.13 Å². The van der Waals surface area contributed by atoms with Crippen molar-refractivity contribution in [2.24, 2.45) is 5.73 Å². The number of nitrogens with one attached hydrogen (secondary N) is 1. The van der Waals surface area contributed by atoms with Crippen molar-refractivity contribution in [1.82, 2.24) is 4.98 Å². The Morgan fingerprint density at radius 2 is 2.43 bits per heavy atom. The van der Waals surface area contributed by atoms with Crippen molar-refractivity contribution in [1.29, 1.82) is 0 Å². The van der Waals surface area contributed by atoms with E-state index in [0.717, 1.165) is 30.7 Å². The van der Waals surface area contributed by atoms with Gasteiger partial charge in [-0.1, -0.05) is 0 Å². The molecule has 1 aromatic heterocycles. The summed E-state index contributed by atoms with van der Waals surface area (Å²) in [6.07, 6.45) is 3.15. The monoisotopic (exact) mass is 216 g/mol. The molecule has 6 nitrogen and oxygen atoms in total. The van der Waals surface area contributed by atoms with Crippen LogP contribution in [-0.2, 0) is 0 Å². The van der Waals surface area contributed by atoms with Gasteiger partial charge in [0.2, 0.25) is 0 Å². The number of unbranched alkanes of at least 4 members (excludes halogenated alkanes) is 1.